The average molecular weight is 585 g/mol. The summed E-state index contributed by atoms with van der Waals surface area (Å²) in [5, 5.41) is 14.4. The van der Waals surface area contributed by atoms with Gasteiger partial charge in [-0.2, -0.15) is 0 Å². The Morgan fingerprint density at radius 2 is 1.79 bits per heavy atom. The summed E-state index contributed by atoms with van der Waals surface area (Å²) in [5.41, 5.74) is 1.35. The predicted molar refractivity (Wildman–Crippen MR) is 149 cm³/mol. The zero-order valence-corrected chi connectivity index (χ0v) is 23.8. The molecule has 3 heterocycles. The van der Waals surface area contributed by atoms with Gasteiger partial charge in [-0.05, 0) is 87.4 Å². The van der Waals surface area contributed by atoms with E-state index in [1.54, 1.807) is 25.3 Å². The van der Waals surface area contributed by atoms with E-state index < -0.39 is 30.4 Å². The van der Waals surface area contributed by atoms with Crippen molar-refractivity contribution in [2.45, 2.75) is 64.8 Å². The van der Waals surface area contributed by atoms with Crippen molar-refractivity contribution in [2.75, 3.05) is 12.4 Å². The van der Waals surface area contributed by atoms with Crippen molar-refractivity contribution in [3.8, 4) is 11.3 Å². The number of pyridine rings is 3. The summed E-state index contributed by atoms with van der Waals surface area (Å²) in [6.45, 7) is 5.05. The number of carbonyl (C=O) groups excluding carboxylic acids is 2. The van der Waals surface area contributed by atoms with Crippen molar-refractivity contribution in [3.63, 3.8) is 0 Å². The lowest BCUT2D eigenvalue weighted by molar-refractivity contribution is -0.174. The number of methoxy groups -OCH3 is 1. The number of hydrogen-bond donors (Lipinski definition) is 2. The molecule has 12 heteroatoms. The van der Waals surface area contributed by atoms with E-state index in [0.717, 1.165) is 5.56 Å². The van der Waals surface area contributed by atoms with Gasteiger partial charge in [0, 0.05) is 30.4 Å². The molecule has 224 valence electrons. The minimum atomic E-state index is -2.61. The largest absolute Gasteiger partial charge is 0.511 e. The summed E-state index contributed by atoms with van der Waals surface area (Å²) < 4.78 is 40.6. The highest BCUT2D eigenvalue weighted by atomic mass is 19.3. The number of nitrogens with one attached hydrogen (secondary N) is 1. The van der Waals surface area contributed by atoms with E-state index in [9.17, 15) is 23.5 Å². The summed E-state index contributed by atoms with van der Waals surface area (Å²) in [4.78, 5) is 36.9. The van der Waals surface area contributed by atoms with Crippen LogP contribution in [0.4, 0.5) is 25.2 Å². The second-order valence-electron chi connectivity index (χ2n) is 10.5. The standard InChI is InChI=1S/C30H34F2N4O6/c1-17-13-23(35-26(14-17)36-25-15-20(27(31)32)11-12-33-25)21-7-10-24(34-16-21)30(3,39)22-8-5-19(6-9-22)28(37)41-18(2)42-29(38)40-4/h7,10-16,18-19,22,27,39H,5-6,8-9H2,1-4H3,(H,33,35,36)/t18?,19?,22?,30-/m1/s1. The molecular weight excluding hydrogens is 550 g/mol. The molecule has 1 unspecified atom stereocenters. The van der Waals surface area contributed by atoms with Crippen molar-refractivity contribution in [3.05, 3.63) is 65.6 Å². The van der Waals surface area contributed by atoms with Gasteiger partial charge in [-0.15, -0.1) is 0 Å². The predicted octanol–water partition coefficient (Wildman–Crippen LogP) is 6.21. The van der Waals surface area contributed by atoms with E-state index >= 15 is 0 Å². The Labute approximate surface area is 242 Å². The van der Waals surface area contributed by atoms with Gasteiger partial charge in [-0.25, -0.2) is 23.5 Å². The zero-order chi connectivity index (χ0) is 30.4. The van der Waals surface area contributed by atoms with Crippen LogP contribution in [-0.4, -0.2) is 45.6 Å². The number of nitrogens with zero attached hydrogens (tertiary/aromatic N) is 3. The van der Waals surface area contributed by atoms with Gasteiger partial charge in [0.1, 0.15) is 17.2 Å². The van der Waals surface area contributed by atoms with Crippen LogP contribution >= 0.6 is 0 Å². The summed E-state index contributed by atoms with van der Waals surface area (Å²) in [7, 11) is 1.17. The van der Waals surface area contributed by atoms with Crippen LogP contribution in [0.5, 0.6) is 0 Å². The summed E-state index contributed by atoms with van der Waals surface area (Å²) in [5.74, 6) is -0.244. The van der Waals surface area contributed by atoms with Gasteiger partial charge in [0.05, 0.1) is 24.4 Å². The van der Waals surface area contributed by atoms with Crippen LogP contribution < -0.4 is 5.32 Å². The van der Waals surface area contributed by atoms with Crippen molar-refractivity contribution in [1.29, 1.82) is 0 Å². The number of anilines is 2. The highest BCUT2D eigenvalue weighted by molar-refractivity contribution is 5.73. The second-order valence-corrected chi connectivity index (χ2v) is 10.5. The first-order valence-corrected chi connectivity index (χ1v) is 13.6. The quantitative estimate of drug-likeness (QED) is 0.221. The Morgan fingerprint density at radius 1 is 1.05 bits per heavy atom. The number of aliphatic hydroxyl groups is 1. The third-order valence-corrected chi connectivity index (χ3v) is 7.41. The van der Waals surface area contributed by atoms with Crippen LogP contribution in [0.15, 0.2) is 48.8 Å². The molecule has 0 amide bonds. The maximum Gasteiger partial charge on any atom is 0.511 e. The number of aryl methyl sites for hydroxylation is 1. The van der Waals surface area contributed by atoms with E-state index in [-0.39, 0.29) is 23.2 Å². The molecular formula is C30H34F2N4O6. The highest BCUT2D eigenvalue weighted by Gasteiger charge is 2.39. The van der Waals surface area contributed by atoms with E-state index in [4.69, 9.17) is 9.47 Å². The molecule has 3 aromatic heterocycles. The van der Waals surface area contributed by atoms with Crippen molar-refractivity contribution in [2.24, 2.45) is 11.8 Å². The molecule has 1 saturated carbocycles. The van der Waals surface area contributed by atoms with Crippen LogP contribution in [0.25, 0.3) is 11.3 Å². The van der Waals surface area contributed by atoms with Crippen molar-refractivity contribution < 1.29 is 37.7 Å². The molecule has 10 nitrogen and oxygen atoms in total. The lowest BCUT2D eigenvalue weighted by Gasteiger charge is -2.37. The van der Waals surface area contributed by atoms with E-state index in [2.05, 4.69) is 25.0 Å². The SMILES string of the molecule is COC(=O)OC(C)OC(=O)C1CCC([C@@](C)(O)c2ccc(-c3cc(C)cc(Nc4cc(C(F)F)ccn4)n3)cn2)CC1. The van der Waals surface area contributed by atoms with Gasteiger partial charge in [0.25, 0.3) is 6.43 Å². The molecule has 4 rings (SSSR count). The first-order chi connectivity index (χ1) is 20.0. The molecule has 0 aliphatic heterocycles. The Kier molecular flexibility index (Phi) is 9.66. The Morgan fingerprint density at radius 3 is 2.43 bits per heavy atom. The number of ether oxygens (including phenoxy) is 3. The fourth-order valence-corrected chi connectivity index (χ4v) is 5.07. The summed E-state index contributed by atoms with van der Waals surface area (Å²) in [6.07, 6.45) is 0.547. The molecule has 0 aromatic carbocycles. The van der Waals surface area contributed by atoms with Gasteiger partial charge in [0.15, 0.2) is 0 Å². The molecule has 0 bridgehead atoms. The Balaban J connectivity index is 1.40. The molecule has 1 aliphatic rings. The van der Waals surface area contributed by atoms with Gasteiger partial charge < -0.3 is 24.6 Å². The monoisotopic (exact) mass is 584 g/mol. The Bertz CT molecular complexity index is 1390. The fourth-order valence-electron chi connectivity index (χ4n) is 5.07. The molecule has 1 fully saturated rings. The molecule has 1 aliphatic carbocycles. The van der Waals surface area contributed by atoms with Gasteiger partial charge in [0.2, 0.25) is 6.29 Å². The van der Waals surface area contributed by atoms with Crippen LogP contribution in [0.3, 0.4) is 0 Å². The number of alkyl halides is 2. The minimum absolute atomic E-state index is 0.131. The molecule has 42 heavy (non-hydrogen) atoms. The topological polar surface area (TPSA) is 133 Å². The maximum atomic E-state index is 13.1. The summed E-state index contributed by atoms with van der Waals surface area (Å²) >= 11 is 0. The normalized spacial score (nSPS) is 19.0. The molecule has 2 atom stereocenters. The van der Waals surface area contributed by atoms with Crippen LogP contribution in [-0.2, 0) is 24.6 Å². The van der Waals surface area contributed by atoms with Crippen molar-refractivity contribution >= 4 is 23.8 Å². The number of aromatic nitrogens is 3. The lowest BCUT2D eigenvalue weighted by Crippen LogP contribution is -2.37. The molecule has 0 radical (unpaired) electrons. The number of halogens is 2. The lowest BCUT2D eigenvalue weighted by atomic mass is 9.73. The first kappa shape index (κ1) is 30.8. The third-order valence-electron chi connectivity index (χ3n) is 7.41. The molecule has 3 aromatic rings. The number of rotatable bonds is 9. The fraction of sp³-hybridized carbons (Fsp3) is 0.433. The van der Waals surface area contributed by atoms with Crippen LogP contribution in [0.2, 0.25) is 0 Å². The van der Waals surface area contributed by atoms with Crippen LogP contribution in [0.1, 0.15) is 62.8 Å². The molecule has 2 N–H and O–H groups in total. The first-order valence-electron chi connectivity index (χ1n) is 13.6. The van der Waals surface area contributed by atoms with Crippen molar-refractivity contribution in [1.82, 2.24) is 15.0 Å². The van der Waals surface area contributed by atoms with E-state index in [1.165, 1.54) is 32.4 Å². The summed E-state index contributed by atoms with van der Waals surface area (Å²) in [6, 6.07) is 9.78. The second kappa shape index (κ2) is 13.2. The minimum Gasteiger partial charge on any atom is -0.438 e. The smallest absolute Gasteiger partial charge is 0.438 e. The van der Waals surface area contributed by atoms with Gasteiger partial charge in [-0.1, -0.05) is 0 Å². The number of esters is 1. The maximum absolute atomic E-state index is 13.1. The average Bonchev–Trinajstić information content (AvgIpc) is 2.97. The third kappa shape index (κ3) is 7.55. The van der Waals surface area contributed by atoms with E-state index in [0.29, 0.717) is 48.5 Å². The van der Waals surface area contributed by atoms with Gasteiger partial charge in [-0.3, -0.25) is 9.78 Å². The van der Waals surface area contributed by atoms with Crippen LogP contribution in [0, 0.1) is 18.8 Å². The highest BCUT2D eigenvalue weighted by Crippen LogP contribution is 2.41. The molecule has 0 saturated heterocycles. The number of carbonyl (C=O) groups is 2. The van der Waals surface area contributed by atoms with E-state index in [1.807, 2.05) is 19.1 Å². The Hall–Kier alpha value is -4.19. The van der Waals surface area contributed by atoms with Gasteiger partial charge >= 0.3 is 12.1 Å². The number of hydrogen-bond acceptors (Lipinski definition) is 10. The molecule has 0 spiro atoms. The zero-order valence-electron chi connectivity index (χ0n) is 23.8.